The molecule has 0 amide bonds. The molecule has 156 valence electrons. The van der Waals surface area contributed by atoms with Crippen LogP contribution in [0.2, 0.25) is 0 Å². The maximum Gasteiger partial charge on any atom is 0.327 e. The molecule has 0 saturated heterocycles. The summed E-state index contributed by atoms with van der Waals surface area (Å²) in [6.07, 6.45) is 1.09. The Morgan fingerprint density at radius 2 is 1.52 bits per heavy atom. The van der Waals surface area contributed by atoms with E-state index in [0.717, 1.165) is 22.4 Å². The Morgan fingerprint density at radius 3 is 2.23 bits per heavy atom. The number of allylic oxidation sites excluding steroid dienone is 2. The molecule has 31 heavy (non-hydrogen) atoms. The van der Waals surface area contributed by atoms with Gasteiger partial charge in [0.15, 0.2) is 5.78 Å². The van der Waals surface area contributed by atoms with Crippen LogP contribution >= 0.6 is 0 Å². The third-order valence-corrected chi connectivity index (χ3v) is 6.10. The fourth-order valence-corrected chi connectivity index (χ4v) is 4.78. The number of nitrogens with one attached hydrogen (secondary N) is 3. The lowest BCUT2D eigenvalue weighted by molar-refractivity contribution is -0.118. The van der Waals surface area contributed by atoms with Crippen molar-refractivity contribution in [2.24, 2.45) is 5.41 Å². The van der Waals surface area contributed by atoms with Gasteiger partial charge in [-0.15, -0.1) is 0 Å². The summed E-state index contributed by atoms with van der Waals surface area (Å²) in [7, 11) is 0. The van der Waals surface area contributed by atoms with Crippen molar-refractivity contribution in [3.63, 3.8) is 0 Å². The highest BCUT2D eigenvalue weighted by Crippen LogP contribution is 2.47. The fraction of sp³-hybridized carbons (Fsp3) is 0.240. The molecule has 2 aromatic carbocycles. The molecule has 3 aromatic rings. The van der Waals surface area contributed by atoms with Crippen molar-refractivity contribution in [3.05, 3.63) is 97.8 Å². The van der Waals surface area contributed by atoms with Gasteiger partial charge in [0.2, 0.25) is 0 Å². The predicted molar refractivity (Wildman–Crippen MR) is 120 cm³/mol. The van der Waals surface area contributed by atoms with E-state index in [0.29, 0.717) is 29.8 Å². The van der Waals surface area contributed by atoms with Crippen LogP contribution in [0.4, 0.5) is 5.82 Å². The summed E-state index contributed by atoms with van der Waals surface area (Å²) in [5, 5.41) is 3.19. The van der Waals surface area contributed by atoms with Crippen molar-refractivity contribution in [3.8, 4) is 11.1 Å². The van der Waals surface area contributed by atoms with Crippen molar-refractivity contribution in [1.82, 2.24) is 9.97 Å². The number of hydrogen-bond donors (Lipinski definition) is 3. The van der Waals surface area contributed by atoms with Gasteiger partial charge >= 0.3 is 5.69 Å². The third-order valence-electron chi connectivity index (χ3n) is 6.10. The standard InChI is InChI=1S/C25H23N3O3/c1-25(2)12-17-20(18(29)13-25)19(21-22(26-17)27-24(31)28-23(21)30)16-10-8-15(9-11-16)14-6-4-3-5-7-14/h3-11,19H,12-13H2,1-2H3,(H3,26,27,28,30,31)/t19-/m1/s1. The molecule has 2 aliphatic rings. The molecular weight excluding hydrogens is 390 g/mol. The zero-order valence-electron chi connectivity index (χ0n) is 17.4. The zero-order chi connectivity index (χ0) is 21.8. The summed E-state index contributed by atoms with van der Waals surface area (Å²) in [5.41, 5.74) is 3.54. The summed E-state index contributed by atoms with van der Waals surface area (Å²) in [6.45, 7) is 4.10. The van der Waals surface area contributed by atoms with Gasteiger partial charge in [-0.3, -0.25) is 19.6 Å². The molecule has 0 fully saturated rings. The lowest BCUT2D eigenvalue weighted by Crippen LogP contribution is -2.38. The van der Waals surface area contributed by atoms with Crippen molar-refractivity contribution in [2.75, 3.05) is 5.32 Å². The molecule has 0 spiro atoms. The van der Waals surface area contributed by atoms with E-state index in [1.807, 2.05) is 54.6 Å². The Bertz CT molecular complexity index is 1330. The number of aromatic nitrogens is 2. The maximum atomic E-state index is 13.2. The van der Waals surface area contributed by atoms with Gasteiger partial charge in [0.1, 0.15) is 5.82 Å². The number of carbonyl (C=O) groups is 1. The molecule has 0 radical (unpaired) electrons. The number of anilines is 1. The van der Waals surface area contributed by atoms with Gasteiger partial charge in [0.05, 0.1) is 5.56 Å². The molecule has 0 saturated carbocycles. The van der Waals surface area contributed by atoms with Crippen LogP contribution in [-0.2, 0) is 4.79 Å². The first-order valence-corrected chi connectivity index (χ1v) is 10.4. The molecule has 3 N–H and O–H groups in total. The van der Waals surface area contributed by atoms with Crippen molar-refractivity contribution in [1.29, 1.82) is 0 Å². The van der Waals surface area contributed by atoms with Crippen molar-refractivity contribution < 1.29 is 4.79 Å². The number of benzene rings is 2. The molecule has 1 aliphatic heterocycles. The Labute approximate surface area is 179 Å². The molecule has 0 unspecified atom stereocenters. The summed E-state index contributed by atoms with van der Waals surface area (Å²) < 4.78 is 0. The van der Waals surface area contributed by atoms with Gasteiger partial charge in [-0.1, -0.05) is 68.4 Å². The smallest absolute Gasteiger partial charge is 0.327 e. The number of aromatic amines is 2. The topological polar surface area (TPSA) is 94.8 Å². The van der Waals surface area contributed by atoms with Crippen molar-refractivity contribution >= 4 is 11.6 Å². The molecule has 1 aliphatic carbocycles. The summed E-state index contributed by atoms with van der Waals surface area (Å²) in [4.78, 5) is 43.0. The Balaban J connectivity index is 1.68. The van der Waals surface area contributed by atoms with E-state index >= 15 is 0 Å². The molecule has 2 heterocycles. The van der Waals surface area contributed by atoms with Crippen LogP contribution in [-0.4, -0.2) is 15.8 Å². The Morgan fingerprint density at radius 1 is 0.839 bits per heavy atom. The number of hydrogen-bond acceptors (Lipinski definition) is 4. The van der Waals surface area contributed by atoms with Gasteiger partial charge in [-0.25, -0.2) is 4.79 Å². The van der Waals surface area contributed by atoms with Crippen molar-refractivity contribution in [2.45, 2.75) is 32.6 Å². The van der Waals surface area contributed by atoms with Gasteiger partial charge < -0.3 is 5.32 Å². The minimum atomic E-state index is -0.570. The quantitative estimate of drug-likeness (QED) is 0.593. The average molecular weight is 413 g/mol. The monoisotopic (exact) mass is 413 g/mol. The molecule has 0 bridgehead atoms. The second-order valence-corrected chi connectivity index (χ2v) is 9.08. The van der Waals surface area contributed by atoms with Crippen LogP contribution in [0.25, 0.3) is 11.1 Å². The summed E-state index contributed by atoms with van der Waals surface area (Å²) in [6, 6.07) is 18.0. The van der Waals surface area contributed by atoms with Crippen LogP contribution in [0.3, 0.4) is 0 Å². The number of carbonyl (C=O) groups excluding carboxylic acids is 1. The number of rotatable bonds is 2. The van der Waals surface area contributed by atoms with Gasteiger partial charge in [-0.2, -0.15) is 0 Å². The van der Waals surface area contributed by atoms with E-state index in [9.17, 15) is 14.4 Å². The first-order chi connectivity index (χ1) is 14.8. The van der Waals surface area contributed by atoms with Gasteiger partial charge in [0, 0.05) is 23.6 Å². The minimum absolute atomic E-state index is 0.0344. The van der Waals surface area contributed by atoms with Crippen LogP contribution in [0.1, 0.15) is 43.7 Å². The second kappa shape index (κ2) is 6.94. The average Bonchev–Trinajstić information content (AvgIpc) is 2.72. The van der Waals surface area contributed by atoms with Gasteiger partial charge in [0.25, 0.3) is 5.56 Å². The van der Waals surface area contributed by atoms with E-state index in [1.54, 1.807) is 0 Å². The Kier molecular flexibility index (Phi) is 4.32. The molecule has 5 rings (SSSR count). The predicted octanol–water partition coefficient (Wildman–Crippen LogP) is 3.93. The number of H-pyrrole nitrogens is 2. The Hall–Kier alpha value is -3.67. The largest absolute Gasteiger partial charge is 0.344 e. The first kappa shape index (κ1) is 19.3. The number of fused-ring (bicyclic) bond motifs is 1. The van der Waals surface area contributed by atoms with E-state index < -0.39 is 17.2 Å². The van der Waals surface area contributed by atoms with E-state index in [4.69, 9.17) is 0 Å². The van der Waals surface area contributed by atoms with E-state index in [2.05, 4.69) is 29.1 Å². The lowest BCUT2D eigenvalue weighted by Gasteiger charge is -2.38. The van der Waals surface area contributed by atoms with E-state index in [1.165, 1.54) is 0 Å². The lowest BCUT2D eigenvalue weighted by atomic mass is 9.69. The summed E-state index contributed by atoms with van der Waals surface area (Å²) in [5.74, 6) is -0.123. The summed E-state index contributed by atoms with van der Waals surface area (Å²) >= 11 is 0. The normalized spacial score (nSPS) is 19.4. The zero-order valence-corrected chi connectivity index (χ0v) is 17.4. The highest BCUT2D eigenvalue weighted by atomic mass is 16.2. The SMILES string of the molecule is CC1(C)CC(=O)C2=C(C1)Nc1[nH]c(=O)[nH]c(=O)c1[C@@H]2c1ccc(-c2ccccc2)cc1. The number of Topliss-reactive ketones (excluding diaryl/α,β-unsaturated/α-hetero) is 1. The fourth-order valence-electron chi connectivity index (χ4n) is 4.78. The number of ketones is 1. The molecule has 1 atom stereocenters. The highest BCUT2D eigenvalue weighted by Gasteiger charge is 2.42. The van der Waals surface area contributed by atoms with Crippen LogP contribution in [0, 0.1) is 5.41 Å². The maximum absolute atomic E-state index is 13.2. The minimum Gasteiger partial charge on any atom is -0.344 e. The van der Waals surface area contributed by atoms with Crippen LogP contribution < -0.4 is 16.6 Å². The highest BCUT2D eigenvalue weighted by molar-refractivity contribution is 6.01. The molecule has 6 nitrogen and oxygen atoms in total. The first-order valence-electron chi connectivity index (χ1n) is 10.4. The van der Waals surface area contributed by atoms with Crippen LogP contribution in [0.5, 0.6) is 0 Å². The van der Waals surface area contributed by atoms with Gasteiger partial charge in [-0.05, 0) is 28.5 Å². The third kappa shape index (κ3) is 3.34. The second-order valence-electron chi connectivity index (χ2n) is 9.08. The van der Waals surface area contributed by atoms with Crippen LogP contribution in [0.15, 0.2) is 75.5 Å². The van der Waals surface area contributed by atoms with E-state index in [-0.39, 0.29) is 11.2 Å². The molecular formula is C25H23N3O3. The molecule has 1 aromatic heterocycles. The molecule has 6 heteroatoms.